The number of likely N-dealkylation sites (tertiary alicyclic amines) is 1. The lowest BCUT2D eigenvalue weighted by atomic mass is 10.1. The van der Waals surface area contributed by atoms with Gasteiger partial charge in [0.2, 0.25) is 0 Å². The van der Waals surface area contributed by atoms with E-state index in [0.29, 0.717) is 25.9 Å². The number of aliphatic hydroxyl groups is 2. The van der Waals surface area contributed by atoms with Gasteiger partial charge in [0.1, 0.15) is 0 Å². The third kappa shape index (κ3) is 6.55. The second kappa shape index (κ2) is 11.5. The van der Waals surface area contributed by atoms with Crippen LogP contribution in [0.3, 0.4) is 0 Å². The molecule has 1 aromatic rings. The molecule has 1 aromatic heterocycles. The van der Waals surface area contributed by atoms with Crippen LogP contribution in [0.15, 0.2) is 40.2 Å². The zero-order valence-electron chi connectivity index (χ0n) is 15.9. The molecular weight excluding hydrogens is 444 g/mol. The van der Waals surface area contributed by atoms with Gasteiger partial charge in [-0.05, 0) is 44.1 Å². The number of nitrogens with one attached hydrogen (secondary N) is 1. The second-order valence-corrected chi connectivity index (χ2v) is 8.60. The van der Waals surface area contributed by atoms with E-state index in [9.17, 15) is 19.8 Å². The number of allylic oxidation sites excluding steroid dienone is 3. The minimum atomic E-state index is -1.77. The molecule has 28 heavy (non-hydrogen) atoms. The summed E-state index contributed by atoms with van der Waals surface area (Å²) in [5.41, 5.74) is 0. The van der Waals surface area contributed by atoms with Crippen molar-refractivity contribution >= 4 is 39.1 Å². The summed E-state index contributed by atoms with van der Waals surface area (Å²) >= 11 is 4.98. The number of hydrogen-bond acceptors (Lipinski definition) is 5. The van der Waals surface area contributed by atoms with E-state index in [4.69, 9.17) is 0 Å². The fourth-order valence-electron chi connectivity index (χ4n) is 3.12. The van der Waals surface area contributed by atoms with Crippen molar-refractivity contribution in [3.63, 3.8) is 0 Å². The first kappa shape index (κ1) is 22.8. The maximum Gasteiger partial charge on any atom is 0.254 e. The van der Waals surface area contributed by atoms with Gasteiger partial charge in [-0.2, -0.15) is 0 Å². The maximum atomic E-state index is 12.6. The summed E-state index contributed by atoms with van der Waals surface area (Å²) in [6.07, 6.45) is 5.26. The molecule has 0 aromatic carbocycles. The summed E-state index contributed by atoms with van der Waals surface area (Å²) in [5.74, 6) is -1.33. The lowest BCUT2D eigenvalue weighted by molar-refractivity contribution is -0.153. The first-order valence-corrected chi connectivity index (χ1v) is 11.1. The molecule has 3 N–H and O–H groups in total. The molecule has 0 bridgehead atoms. The highest BCUT2D eigenvalue weighted by Gasteiger charge is 2.37. The van der Waals surface area contributed by atoms with E-state index in [1.807, 2.05) is 42.7 Å². The molecule has 2 amide bonds. The Morgan fingerprint density at radius 2 is 2.21 bits per heavy atom. The minimum absolute atomic E-state index is 0.0374. The van der Waals surface area contributed by atoms with Crippen molar-refractivity contribution in [2.24, 2.45) is 0 Å². The molecule has 0 aliphatic carbocycles. The Morgan fingerprint density at radius 3 is 2.89 bits per heavy atom. The Labute approximate surface area is 178 Å². The van der Waals surface area contributed by atoms with E-state index in [0.717, 1.165) is 22.2 Å². The van der Waals surface area contributed by atoms with E-state index < -0.39 is 24.0 Å². The van der Waals surface area contributed by atoms with Crippen LogP contribution < -0.4 is 5.32 Å². The van der Waals surface area contributed by atoms with Crippen LogP contribution >= 0.6 is 27.3 Å². The summed E-state index contributed by atoms with van der Waals surface area (Å²) < 4.78 is 0.957. The van der Waals surface area contributed by atoms with Crippen molar-refractivity contribution in [3.8, 4) is 0 Å². The monoisotopic (exact) mass is 470 g/mol. The van der Waals surface area contributed by atoms with Crippen molar-refractivity contribution in [2.45, 2.75) is 50.9 Å². The molecule has 0 saturated carbocycles. The first-order chi connectivity index (χ1) is 13.4. The Kier molecular flexibility index (Phi) is 9.37. The number of aliphatic hydroxyl groups excluding tert-OH is 2. The second-order valence-electron chi connectivity index (χ2n) is 6.65. The zero-order valence-corrected chi connectivity index (χ0v) is 18.3. The molecule has 1 aliphatic heterocycles. The smallest absolute Gasteiger partial charge is 0.254 e. The van der Waals surface area contributed by atoms with Gasteiger partial charge in [-0.25, -0.2) is 0 Å². The molecule has 2 heterocycles. The molecule has 1 fully saturated rings. The number of rotatable bonds is 9. The quantitative estimate of drug-likeness (QED) is 0.483. The van der Waals surface area contributed by atoms with Gasteiger partial charge in [-0.3, -0.25) is 9.59 Å². The van der Waals surface area contributed by atoms with Crippen LogP contribution in [0.4, 0.5) is 0 Å². The fraction of sp³-hybridized carbons (Fsp3) is 0.500. The fourth-order valence-corrected chi connectivity index (χ4v) is 4.02. The van der Waals surface area contributed by atoms with Crippen LogP contribution in [-0.4, -0.2) is 58.3 Å². The SMILES string of the molecule is C/C=C(Br)\C=C/CC1CCCN1C(=O)C(O)C(O)C(=O)NCCc1cccs1. The van der Waals surface area contributed by atoms with Gasteiger partial charge in [-0.1, -0.05) is 40.2 Å². The molecule has 1 aliphatic rings. The Balaban J connectivity index is 1.84. The molecule has 154 valence electrons. The molecule has 1 saturated heterocycles. The average molecular weight is 471 g/mol. The van der Waals surface area contributed by atoms with Gasteiger partial charge in [0.15, 0.2) is 12.2 Å². The molecule has 0 spiro atoms. The van der Waals surface area contributed by atoms with Crippen LogP contribution in [0.5, 0.6) is 0 Å². The number of nitrogens with zero attached hydrogens (tertiary/aromatic N) is 1. The summed E-state index contributed by atoms with van der Waals surface area (Å²) in [4.78, 5) is 27.4. The van der Waals surface area contributed by atoms with Crippen LogP contribution in [0.1, 0.15) is 31.1 Å². The number of carbonyl (C=O) groups is 2. The number of amides is 2. The van der Waals surface area contributed by atoms with Crippen LogP contribution in [0.2, 0.25) is 0 Å². The van der Waals surface area contributed by atoms with E-state index in [2.05, 4.69) is 21.2 Å². The highest BCUT2D eigenvalue weighted by Crippen LogP contribution is 2.22. The summed E-state index contributed by atoms with van der Waals surface area (Å²) in [6.45, 7) is 2.78. The van der Waals surface area contributed by atoms with E-state index in [1.165, 1.54) is 0 Å². The standard InChI is InChI=1S/C20H27BrN2O4S/c1-2-14(21)6-3-7-15-8-4-12-23(15)20(27)18(25)17(24)19(26)22-11-10-16-9-5-13-28-16/h2-3,5-6,9,13,15,17-18,24-25H,4,7-8,10-12H2,1H3,(H,22,26)/b6-3-,14-2+. The minimum Gasteiger partial charge on any atom is -0.380 e. The molecule has 3 unspecified atom stereocenters. The average Bonchev–Trinajstić information content (AvgIpc) is 3.38. The highest BCUT2D eigenvalue weighted by atomic mass is 79.9. The largest absolute Gasteiger partial charge is 0.380 e. The van der Waals surface area contributed by atoms with E-state index in [1.54, 1.807) is 16.2 Å². The predicted molar refractivity (Wildman–Crippen MR) is 114 cm³/mol. The van der Waals surface area contributed by atoms with E-state index in [-0.39, 0.29) is 6.04 Å². The number of halogens is 1. The van der Waals surface area contributed by atoms with Crippen LogP contribution in [0.25, 0.3) is 0 Å². The molecule has 6 nitrogen and oxygen atoms in total. The predicted octanol–water partition coefficient (Wildman–Crippen LogP) is 2.36. The van der Waals surface area contributed by atoms with Gasteiger partial charge < -0.3 is 20.4 Å². The van der Waals surface area contributed by atoms with Crippen molar-refractivity contribution in [2.75, 3.05) is 13.1 Å². The molecular formula is C20H27BrN2O4S. The van der Waals surface area contributed by atoms with Crippen LogP contribution in [-0.2, 0) is 16.0 Å². The molecule has 8 heteroatoms. The first-order valence-electron chi connectivity index (χ1n) is 9.39. The van der Waals surface area contributed by atoms with Crippen molar-refractivity contribution in [1.29, 1.82) is 0 Å². The maximum absolute atomic E-state index is 12.6. The zero-order chi connectivity index (χ0) is 20.5. The van der Waals surface area contributed by atoms with Crippen LogP contribution in [0, 0.1) is 0 Å². The molecule has 2 rings (SSSR count). The lowest BCUT2D eigenvalue weighted by Gasteiger charge is -2.27. The number of thiophene rings is 1. The van der Waals surface area contributed by atoms with Gasteiger partial charge in [-0.15, -0.1) is 11.3 Å². The summed E-state index contributed by atoms with van der Waals surface area (Å²) in [6, 6.07) is 3.85. The van der Waals surface area contributed by atoms with Gasteiger partial charge >= 0.3 is 0 Å². The Morgan fingerprint density at radius 1 is 1.43 bits per heavy atom. The summed E-state index contributed by atoms with van der Waals surface area (Å²) in [7, 11) is 0. The van der Waals surface area contributed by atoms with Crippen molar-refractivity contribution in [1.82, 2.24) is 10.2 Å². The van der Waals surface area contributed by atoms with Crippen molar-refractivity contribution in [3.05, 3.63) is 45.1 Å². The van der Waals surface area contributed by atoms with Gasteiger partial charge in [0, 0.05) is 28.5 Å². The normalized spacial score (nSPS) is 19.8. The van der Waals surface area contributed by atoms with Gasteiger partial charge in [0.25, 0.3) is 11.8 Å². The number of carbonyl (C=O) groups excluding carboxylic acids is 2. The lowest BCUT2D eigenvalue weighted by Crippen LogP contribution is -2.52. The van der Waals surface area contributed by atoms with E-state index >= 15 is 0 Å². The Bertz CT molecular complexity index is 705. The van der Waals surface area contributed by atoms with Gasteiger partial charge in [0.05, 0.1) is 0 Å². The highest BCUT2D eigenvalue weighted by molar-refractivity contribution is 9.11. The molecule has 0 radical (unpaired) electrons. The topological polar surface area (TPSA) is 89.9 Å². The Hall–Kier alpha value is -1.48. The number of hydrogen-bond donors (Lipinski definition) is 3. The van der Waals surface area contributed by atoms with Crippen molar-refractivity contribution < 1.29 is 19.8 Å². The third-order valence-electron chi connectivity index (χ3n) is 4.69. The summed E-state index contributed by atoms with van der Waals surface area (Å²) in [5, 5.41) is 24.9. The molecule has 3 atom stereocenters. The third-order valence-corrected chi connectivity index (χ3v) is 6.35.